The van der Waals surface area contributed by atoms with Crippen LogP contribution in [0.2, 0.25) is 0 Å². The fourth-order valence-corrected chi connectivity index (χ4v) is 3.48. The van der Waals surface area contributed by atoms with Gasteiger partial charge in [-0.1, -0.05) is 12.8 Å². The van der Waals surface area contributed by atoms with E-state index >= 15 is 0 Å². The minimum Gasteiger partial charge on any atom is -0.495 e. The van der Waals surface area contributed by atoms with E-state index in [9.17, 15) is 14.4 Å². The zero-order valence-corrected chi connectivity index (χ0v) is 15.4. The van der Waals surface area contributed by atoms with Crippen molar-refractivity contribution in [2.75, 3.05) is 20.2 Å². The Morgan fingerprint density at radius 3 is 2.46 bits per heavy atom. The molecule has 140 valence electrons. The van der Waals surface area contributed by atoms with E-state index < -0.39 is 11.2 Å². The predicted molar refractivity (Wildman–Crippen MR) is 97.6 cm³/mol. The van der Waals surface area contributed by atoms with Crippen molar-refractivity contribution < 1.29 is 9.53 Å². The minimum absolute atomic E-state index is 0.204. The van der Waals surface area contributed by atoms with E-state index in [-0.39, 0.29) is 23.5 Å². The molecule has 8 nitrogen and oxygen atoms in total. The van der Waals surface area contributed by atoms with Gasteiger partial charge in [0.15, 0.2) is 5.65 Å². The second-order valence-corrected chi connectivity index (χ2v) is 6.70. The van der Waals surface area contributed by atoms with Crippen LogP contribution in [0.1, 0.15) is 31.2 Å². The third-order valence-corrected chi connectivity index (χ3v) is 4.94. The second kappa shape index (κ2) is 7.31. The maximum Gasteiger partial charge on any atom is 0.332 e. The molecule has 0 atom stereocenters. The second-order valence-electron chi connectivity index (χ2n) is 6.70. The number of amides is 1. The average Bonchev–Trinajstić information content (AvgIpc) is 2.92. The first kappa shape index (κ1) is 18.2. The number of ether oxygens (including phenoxy) is 1. The molecule has 0 bridgehead atoms. The van der Waals surface area contributed by atoms with Gasteiger partial charge < -0.3 is 9.64 Å². The lowest BCUT2D eigenvalue weighted by atomic mass is 10.2. The Balaban J connectivity index is 2.10. The van der Waals surface area contributed by atoms with E-state index in [1.165, 1.54) is 11.7 Å². The number of fused-ring (bicyclic) bond motifs is 1. The molecule has 2 aromatic rings. The molecule has 0 radical (unpaired) electrons. The van der Waals surface area contributed by atoms with Crippen molar-refractivity contribution in [2.24, 2.45) is 7.05 Å². The molecule has 8 heteroatoms. The van der Waals surface area contributed by atoms with Gasteiger partial charge in [0.05, 0.1) is 7.11 Å². The molecule has 1 saturated heterocycles. The molecule has 1 aliphatic heterocycles. The smallest absolute Gasteiger partial charge is 0.332 e. The highest BCUT2D eigenvalue weighted by molar-refractivity contribution is 5.83. The Morgan fingerprint density at radius 2 is 1.85 bits per heavy atom. The Hall–Kier alpha value is -2.64. The fraction of sp³-hybridized carbons (Fsp3) is 0.556. The van der Waals surface area contributed by atoms with Gasteiger partial charge in [-0.15, -0.1) is 0 Å². The summed E-state index contributed by atoms with van der Waals surface area (Å²) in [6, 6.07) is 0. The molecule has 0 saturated carbocycles. The van der Waals surface area contributed by atoms with E-state index in [0.29, 0.717) is 24.4 Å². The van der Waals surface area contributed by atoms with Crippen molar-refractivity contribution in [2.45, 2.75) is 39.2 Å². The van der Waals surface area contributed by atoms with E-state index in [4.69, 9.17) is 4.74 Å². The molecule has 1 aliphatic rings. The summed E-state index contributed by atoms with van der Waals surface area (Å²) in [4.78, 5) is 44.2. The SMILES string of the molecule is COc1c(C)cnc2c1c(=O)n(CC(=O)N1CCCCCC1)c(=O)n2C. The molecule has 3 heterocycles. The van der Waals surface area contributed by atoms with Gasteiger partial charge in [0.1, 0.15) is 17.7 Å². The van der Waals surface area contributed by atoms with Gasteiger partial charge in [-0.25, -0.2) is 14.3 Å². The third kappa shape index (κ3) is 3.11. The summed E-state index contributed by atoms with van der Waals surface area (Å²) in [5, 5.41) is 0.221. The highest BCUT2D eigenvalue weighted by atomic mass is 16.5. The van der Waals surface area contributed by atoms with Crippen LogP contribution in [0.5, 0.6) is 5.75 Å². The first-order valence-electron chi connectivity index (χ1n) is 8.86. The van der Waals surface area contributed by atoms with Crippen molar-refractivity contribution >= 4 is 16.9 Å². The van der Waals surface area contributed by atoms with Crippen LogP contribution >= 0.6 is 0 Å². The van der Waals surface area contributed by atoms with Crippen LogP contribution in [0.25, 0.3) is 11.0 Å². The fourth-order valence-electron chi connectivity index (χ4n) is 3.48. The topological polar surface area (TPSA) is 86.4 Å². The predicted octanol–water partition coefficient (Wildman–Crippen LogP) is 0.815. The summed E-state index contributed by atoms with van der Waals surface area (Å²) in [6.45, 7) is 2.86. The van der Waals surface area contributed by atoms with Crippen molar-refractivity contribution in [1.29, 1.82) is 0 Å². The summed E-state index contributed by atoms with van der Waals surface area (Å²) < 4.78 is 7.63. The highest BCUT2D eigenvalue weighted by Crippen LogP contribution is 2.23. The normalized spacial score (nSPS) is 15.1. The summed E-state index contributed by atoms with van der Waals surface area (Å²) in [5.74, 6) is 0.177. The number of rotatable bonds is 3. The van der Waals surface area contributed by atoms with Crippen LogP contribution in [-0.4, -0.2) is 45.1 Å². The van der Waals surface area contributed by atoms with Crippen LogP contribution in [0.4, 0.5) is 0 Å². The van der Waals surface area contributed by atoms with Crippen LogP contribution in [-0.2, 0) is 18.4 Å². The molecule has 1 fully saturated rings. The van der Waals surface area contributed by atoms with Crippen molar-refractivity contribution in [3.05, 3.63) is 32.6 Å². The summed E-state index contributed by atoms with van der Waals surface area (Å²) >= 11 is 0. The van der Waals surface area contributed by atoms with E-state index in [1.54, 1.807) is 25.1 Å². The molecule has 1 amide bonds. The number of carbonyl (C=O) groups is 1. The molecule has 2 aromatic heterocycles. The molecular formula is C18H24N4O4. The Bertz CT molecular complexity index is 952. The number of pyridine rings is 1. The van der Waals surface area contributed by atoms with Crippen LogP contribution < -0.4 is 16.0 Å². The number of nitrogens with zero attached hydrogens (tertiary/aromatic N) is 4. The Morgan fingerprint density at radius 1 is 1.19 bits per heavy atom. The van der Waals surface area contributed by atoms with Crippen LogP contribution in [0, 0.1) is 6.92 Å². The first-order chi connectivity index (χ1) is 12.5. The summed E-state index contributed by atoms with van der Waals surface area (Å²) in [5.41, 5.74) is -0.148. The molecule has 26 heavy (non-hydrogen) atoms. The quantitative estimate of drug-likeness (QED) is 0.809. The monoisotopic (exact) mass is 360 g/mol. The molecule has 0 spiro atoms. The van der Waals surface area contributed by atoms with Crippen molar-refractivity contribution in [3.8, 4) is 5.75 Å². The Kier molecular flexibility index (Phi) is 5.11. The van der Waals surface area contributed by atoms with E-state index in [1.807, 2.05) is 0 Å². The van der Waals surface area contributed by atoms with Crippen LogP contribution in [0.3, 0.4) is 0 Å². The lowest BCUT2D eigenvalue weighted by Gasteiger charge is -2.21. The van der Waals surface area contributed by atoms with Crippen molar-refractivity contribution in [1.82, 2.24) is 19.0 Å². The van der Waals surface area contributed by atoms with Gasteiger partial charge in [-0.3, -0.25) is 14.2 Å². The number of hydrogen-bond donors (Lipinski definition) is 0. The van der Waals surface area contributed by atoms with Gasteiger partial charge in [-0.2, -0.15) is 0 Å². The van der Waals surface area contributed by atoms with Gasteiger partial charge >= 0.3 is 5.69 Å². The summed E-state index contributed by atoms with van der Waals surface area (Å²) in [7, 11) is 3.01. The van der Waals surface area contributed by atoms with E-state index in [2.05, 4.69) is 4.98 Å². The van der Waals surface area contributed by atoms with Gasteiger partial charge in [0.2, 0.25) is 5.91 Å². The zero-order valence-electron chi connectivity index (χ0n) is 15.4. The average molecular weight is 360 g/mol. The Labute approximate surface area is 151 Å². The lowest BCUT2D eigenvalue weighted by molar-refractivity contribution is -0.131. The zero-order chi connectivity index (χ0) is 18.8. The van der Waals surface area contributed by atoms with Crippen LogP contribution in [0.15, 0.2) is 15.8 Å². The molecule has 0 aromatic carbocycles. The standard InChI is InChI=1S/C18H24N4O4/c1-12-10-19-16-14(15(12)26-3)17(24)22(18(25)20(16)2)11-13(23)21-8-6-4-5-7-9-21/h10H,4-9,11H2,1-3H3. The largest absolute Gasteiger partial charge is 0.495 e. The third-order valence-electron chi connectivity index (χ3n) is 4.94. The number of carbonyl (C=O) groups excluding carboxylic acids is 1. The highest BCUT2D eigenvalue weighted by Gasteiger charge is 2.22. The number of likely N-dealkylation sites (tertiary alicyclic amines) is 1. The number of aryl methyl sites for hydroxylation is 2. The first-order valence-corrected chi connectivity index (χ1v) is 8.86. The van der Waals surface area contributed by atoms with Gasteiger partial charge in [0, 0.05) is 31.9 Å². The molecule has 0 unspecified atom stereocenters. The van der Waals surface area contributed by atoms with Gasteiger partial charge in [0.25, 0.3) is 5.56 Å². The lowest BCUT2D eigenvalue weighted by Crippen LogP contribution is -2.44. The van der Waals surface area contributed by atoms with Crippen molar-refractivity contribution in [3.63, 3.8) is 0 Å². The molecule has 3 rings (SSSR count). The maximum atomic E-state index is 13.0. The number of aromatic nitrogens is 3. The summed E-state index contributed by atoms with van der Waals surface area (Å²) in [6.07, 6.45) is 5.67. The minimum atomic E-state index is -0.552. The van der Waals surface area contributed by atoms with Gasteiger partial charge in [-0.05, 0) is 19.8 Å². The number of methoxy groups -OCH3 is 1. The molecular weight excluding hydrogens is 336 g/mol. The molecule has 0 N–H and O–H groups in total. The van der Waals surface area contributed by atoms with E-state index in [0.717, 1.165) is 30.3 Å². The maximum absolute atomic E-state index is 13.0. The number of hydrogen-bond acceptors (Lipinski definition) is 5. The molecule has 0 aliphatic carbocycles.